The van der Waals surface area contributed by atoms with Crippen LogP contribution in [0.1, 0.15) is 46.4 Å². The molecule has 0 radical (unpaired) electrons. The number of benzene rings is 3. The zero-order valence-corrected chi connectivity index (χ0v) is 21.2. The minimum atomic E-state index is -0.255. The summed E-state index contributed by atoms with van der Waals surface area (Å²) in [6.45, 7) is 3.50. The maximum atomic E-state index is 13.5. The lowest BCUT2D eigenvalue weighted by molar-refractivity contribution is 0.0859. The van der Waals surface area contributed by atoms with Gasteiger partial charge in [0.2, 0.25) is 0 Å². The zero-order valence-electron chi connectivity index (χ0n) is 21.2. The monoisotopic (exact) mass is 492 g/mol. The second-order valence-corrected chi connectivity index (χ2v) is 8.91. The van der Waals surface area contributed by atoms with Gasteiger partial charge in [0.25, 0.3) is 5.91 Å². The Hall–Kier alpha value is -3.58. The number of amides is 1. The van der Waals surface area contributed by atoms with E-state index >= 15 is 0 Å². The average Bonchev–Trinajstić information content (AvgIpc) is 2.92. The van der Waals surface area contributed by atoms with Crippen molar-refractivity contribution in [2.45, 2.75) is 38.4 Å². The fourth-order valence-electron chi connectivity index (χ4n) is 4.90. The summed E-state index contributed by atoms with van der Waals surface area (Å²) in [5.74, 6) is 1.65. The van der Waals surface area contributed by atoms with Gasteiger partial charge in [-0.25, -0.2) is 4.39 Å². The van der Waals surface area contributed by atoms with Crippen molar-refractivity contribution < 1.29 is 23.4 Å². The fraction of sp³-hybridized carbons (Fsp3) is 0.345. The molecule has 1 aliphatic rings. The lowest BCUT2D eigenvalue weighted by Crippen LogP contribution is -2.48. The standard InChI is InChI=1S/C29H33FN2O4/c1-5-25(31-29(33)20-8-12-23(34-2)13-9-20)28-24-17-27(36-4)26(35-3)16-21(24)14-15-32(28)18-19-6-10-22(30)11-7-19/h6-13,16-17,25,28H,5,14-15,18H2,1-4H3,(H,31,33)/t25-,28+/m0/s1. The predicted molar refractivity (Wildman–Crippen MR) is 137 cm³/mol. The molecule has 1 N–H and O–H groups in total. The first-order chi connectivity index (χ1) is 17.5. The van der Waals surface area contributed by atoms with Crippen LogP contribution in [0.2, 0.25) is 0 Å². The molecule has 1 heterocycles. The molecule has 7 heteroatoms. The van der Waals surface area contributed by atoms with Gasteiger partial charge in [0.1, 0.15) is 11.6 Å². The first-order valence-corrected chi connectivity index (χ1v) is 12.2. The summed E-state index contributed by atoms with van der Waals surface area (Å²) in [7, 11) is 4.86. The highest BCUT2D eigenvalue weighted by atomic mass is 19.1. The van der Waals surface area contributed by atoms with Crippen LogP contribution in [0.15, 0.2) is 60.7 Å². The van der Waals surface area contributed by atoms with Gasteiger partial charge in [0.05, 0.1) is 27.4 Å². The van der Waals surface area contributed by atoms with Crippen LogP contribution in [-0.2, 0) is 13.0 Å². The van der Waals surface area contributed by atoms with Crippen LogP contribution in [0.3, 0.4) is 0 Å². The Morgan fingerprint density at radius 1 is 1.00 bits per heavy atom. The number of carbonyl (C=O) groups excluding carboxylic acids is 1. The van der Waals surface area contributed by atoms with Gasteiger partial charge >= 0.3 is 0 Å². The molecule has 0 saturated carbocycles. The van der Waals surface area contributed by atoms with E-state index in [0.29, 0.717) is 29.4 Å². The van der Waals surface area contributed by atoms with Crippen molar-refractivity contribution in [1.82, 2.24) is 10.2 Å². The summed E-state index contributed by atoms with van der Waals surface area (Å²) in [6.07, 6.45) is 1.55. The zero-order chi connectivity index (χ0) is 25.7. The predicted octanol–water partition coefficient (Wildman–Crippen LogP) is 5.16. The van der Waals surface area contributed by atoms with Gasteiger partial charge in [-0.3, -0.25) is 9.69 Å². The molecule has 4 rings (SSSR count). The van der Waals surface area contributed by atoms with E-state index in [9.17, 15) is 9.18 Å². The van der Waals surface area contributed by atoms with Crippen LogP contribution in [0, 0.1) is 5.82 Å². The molecular formula is C29H33FN2O4. The first kappa shape index (κ1) is 25.5. The summed E-state index contributed by atoms with van der Waals surface area (Å²) < 4.78 is 29.9. The number of fused-ring (bicyclic) bond motifs is 1. The van der Waals surface area contributed by atoms with Crippen LogP contribution < -0.4 is 19.5 Å². The molecule has 2 atom stereocenters. The first-order valence-electron chi connectivity index (χ1n) is 12.2. The molecule has 190 valence electrons. The molecule has 6 nitrogen and oxygen atoms in total. The van der Waals surface area contributed by atoms with Crippen molar-refractivity contribution in [3.05, 3.63) is 88.7 Å². The highest BCUT2D eigenvalue weighted by Crippen LogP contribution is 2.40. The Bertz CT molecular complexity index is 1180. The van der Waals surface area contributed by atoms with E-state index in [1.54, 1.807) is 45.6 Å². The number of methoxy groups -OCH3 is 3. The summed E-state index contributed by atoms with van der Waals surface area (Å²) in [6, 6.07) is 17.5. The Balaban J connectivity index is 1.69. The maximum Gasteiger partial charge on any atom is 0.251 e. The van der Waals surface area contributed by atoms with Crippen LogP contribution in [0.4, 0.5) is 4.39 Å². The number of nitrogens with one attached hydrogen (secondary N) is 1. The van der Waals surface area contributed by atoms with Gasteiger partial charge in [-0.05, 0) is 78.1 Å². The van der Waals surface area contributed by atoms with E-state index in [1.807, 2.05) is 24.3 Å². The van der Waals surface area contributed by atoms with Crippen molar-refractivity contribution in [2.24, 2.45) is 0 Å². The van der Waals surface area contributed by atoms with Gasteiger partial charge in [0, 0.05) is 24.7 Å². The van der Waals surface area contributed by atoms with Crippen molar-refractivity contribution >= 4 is 5.91 Å². The molecule has 0 unspecified atom stereocenters. The minimum absolute atomic E-state index is 0.106. The summed E-state index contributed by atoms with van der Waals surface area (Å²) in [4.78, 5) is 15.6. The van der Waals surface area contributed by atoms with Crippen LogP contribution in [-0.4, -0.2) is 44.7 Å². The number of hydrogen-bond donors (Lipinski definition) is 1. The Labute approximate surface area is 212 Å². The van der Waals surface area contributed by atoms with Crippen molar-refractivity contribution in [2.75, 3.05) is 27.9 Å². The van der Waals surface area contributed by atoms with E-state index in [1.165, 1.54) is 17.7 Å². The van der Waals surface area contributed by atoms with Crippen LogP contribution >= 0.6 is 0 Å². The second-order valence-electron chi connectivity index (χ2n) is 8.91. The lowest BCUT2D eigenvalue weighted by Gasteiger charge is -2.42. The number of halogens is 1. The molecule has 3 aromatic carbocycles. The molecule has 1 amide bonds. The number of rotatable bonds is 9. The van der Waals surface area contributed by atoms with Crippen LogP contribution in [0.25, 0.3) is 0 Å². The third-order valence-corrected chi connectivity index (χ3v) is 6.81. The van der Waals surface area contributed by atoms with Crippen molar-refractivity contribution in [3.63, 3.8) is 0 Å². The van der Waals surface area contributed by atoms with Crippen LogP contribution in [0.5, 0.6) is 17.2 Å². The van der Waals surface area contributed by atoms with Gasteiger partial charge in [-0.1, -0.05) is 19.1 Å². The van der Waals surface area contributed by atoms with E-state index in [0.717, 1.165) is 30.5 Å². The number of ether oxygens (including phenoxy) is 3. The lowest BCUT2D eigenvalue weighted by atomic mass is 9.86. The molecule has 0 aromatic heterocycles. The quantitative estimate of drug-likeness (QED) is 0.447. The molecular weight excluding hydrogens is 459 g/mol. The van der Waals surface area contributed by atoms with Crippen molar-refractivity contribution in [1.29, 1.82) is 0 Å². The summed E-state index contributed by atoms with van der Waals surface area (Å²) in [5.41, 5.74) is 3.86. The number of nitrogens with zero attached hydrogens (tertiary/aromatic N) is 1. The van der Waals surface area contributed by atoms with Gasteiger partial charge < -0.3 is 19.5 Å². The third kappa shape index (κ3) is 5.46. The molecule has 0 bridgehead atoms. The van der Waals surface area contributed by atoms with E-state index in [4.69, 9.17) is 14.2 Å². The average molecular weight is 493 g/mol. The molecule has 0 fully saturated rings. The summed E-state index contributed by atoms with van der Waals surface area (Å²) in [5, 5.41) is 3.27. The molecule has 3 aromatic rings. The summed E-state index contributed by atoms with van der Waals surface area (Å²) >= 11 is 0. The Kier molecular flexibility index (Phi) is 8.10. The Morgan fingerprint density at radius 2 is 1.67 bits per heavy atom. The van der Waals surface area contributed by atoms with Gasteiger partial charge in [0.15, 0.2) is 11.5 Å². The van der Waals surface area contributed by atoms with Gasteiger partial charge in [-0.2, -0.15) is 0 Å². The van der Waals surface area contributed by atoms with Gasteiger partial charge in [-0.15, -0.1) is 0 Å². The molecule has 1 aliphatic heterocycles. The smallest absolute Gasteiger partial charge is 0.251 e. The van der Waals surface area contributed by atoms with E-state index in [-0.39, 0.29) is 23.8 Å². The molecule has 0 saturated heterocycles. The largest absolute Gasteiger partial charge is 0.497 e. The minimum Gasteiger partial charge on any atom is -0.497 e. The second kappa shape index (κ2) is 11.4. The molecule has 0 aliphatic carbocycles. The SMILES string of the molecule is CC[C@H](NC(=O)c1ccc(OC)cc1)[C@H]1c2cc(OC)c(OC)cc2CCN1Cc1ccc(F)cc1. The number of hydrogen-bond acceptors (Lipinski definition) is 5. The fourth-order valence-corrected chi connectivity index (χ4v) is 4.90. The number of carbonyl (C=O) groups is 1. The maximum absolute atomic E-state index is 13.5. The molecule has 0 spiro atoms. The normalized spacial score (nSPS) is 16.1. The highest BCUT2D eigenvalue weighted by Gasteiger charge is 2.35. The molecule has 36 heavy (non-hydrogen) atoms. The topological polar surface area (TPSA) is 60.0 Å². The van der Waals surface area contributed by atoms with E-state index in [2.05, 4.69) is 17.1 Å². The highest BCUT2D eigenvalue weighted by molar-refractivity contribution is 5.94. The third-order valence-electron chi connectivity index (χ3n) is 6.81. The van der Waals surface area contributed by atoms with E-state index < -0.39 is 0 Å². The Morgan fingerprint density at radius 3 is 2.28 bits per heavy atom. The van der Waals surface area contributed by atoms with Crippen molar-refractivity contribution in [3.8, 4) is 17.2 Å².